The molecule has 0 unspecified atom stereocenters. The number of likely N-dealkylation sites (N-methyl/N-ethyl adjacent to an activating group) is 1. The molecular formula is C11H19N3O. The lowest BCUT2D eigenvalue weighted by molar-refractivity contribution is 0.120. The Morgan fingerprint density at radius 2 is 2.33 bits per heavy atom. The summed E-state index contributed by atoms with van der Waals surface area (Å²) in [5, 5.41) is 0. The van der Waals surface area contributed by atoms with Crippen molar-refractivity contribution in [1.29, 1.82) is 0 Å². The van der Waals surface area contributed by atoms with Crippen LogP contribution < -0.4 is 5.73 Å². The first-order valence-corrected chi connectivity index (χ1v) is 5.19. The van der Waals surface area contributed by atoms with Crippen LogP contribution in [0, 0.1) is 0 Å². The van der Waals surface area contributed by atoms with Crippen molar-refractivity contribution in [3.63, 3.8) is 0 Å². The highest BCUT2D eigenvalue weighted by Crippen LogP contribution is 2.05. The largest absolute Gasteiger partial charge is 0.384 e. The zero-order valence-corrected chi connectivity index (χ0v) is 9.44. The van der Waals surface area contributed by atoms with Gasteiger partial charge >= 0.3 is 0 Å². The molecule has 4 heteroatoms. The number of nitrogens with zero attached hydrogens (tertiary/aromatic N) is 2. The van der Waals surface area contributed by atoms with E-state index < -0.39 is 0 Å². The van der Waals surface area contributed by atoms with Crippen LogP contribution in [0.3, 0.4) is 0 Å². The topological polar surface area (TPSA) is 51.4 Å². The van der Waals surface area contributed by atoms with Crippen molar-refractivity contribution < 1.29 is 4.74 Å². The van der Waals surface area contributed by atoms with Crippen LogP contribution in [0.4, 0.5) is 5.82 Å². The summed E-state index contributed by atoms with van der Waals surface area (Å²) in [5.41, 5.74) is 6.78. The summed E-state index contributed by atoms with van der Waals surface area (Å²) in [6.45, 7) is 5.35. The molecule has 0 aliphatic carbocycles. The second-order valence-electron chi connectivity index (χ2n) is 3.52. The van der Waals surface area contributed by atoms with Gasteiger partial charge in [0.25, 0.3) is 0 Å². The van der Waals surface area contributed by atoms with Gasteiger partial charge in [-0.2, -0.15) is 0 Å². The summed E-state index contributed by atoms with van der Waals surface area (Å²) >= 11 is 0. The summed E-state index contributed by atoms with van der Waals surface area (Å²) in [7, 11) is 2.07. The molecule has 1 aromatic rings. The van der Waals surface area contributed by atoms with Gasteiger partial charge in [-0.25, -0.2) is 4.98 Å². The zero-order valence-electron chi connectivity index (χ0n) is 9.44. The number of nitrogen functional groups attached to an aromatic ring is 1. The average molecular weight is 209 g/mol. The molecule has 1 heterocycles. The van der Waals surface area contributed by atoms with Gasteiger partial charge in [0.1, 0.15) is 5.82 Å². The number of nitrogens with two attached hydrogens (primary N) is 1. The van der Waals surface area contributed by atoms with E-state index in [1.807, 2.05) is 19.1 Å². The number of ether oxygens (including phenoxy) is 1. The molecule has 0 spiro atoms. The molecule has 0 saturated heterocycles. The monoisotopic (exact) mass is 209 g/mol. The molecule has 0 saturated carbocycles. The van der Waals surface area contributed by atoms with E-state index in [0.29, 0.717) is 5.82 Å². The number of rotatable bonds is 6. The Hall–Kier alpha value is -1.13. The quantitative estimate of drug-likeness (QED) is 0.714. The molecule has 0 radical (unpaired) electrons. The highest BCUT2D eigenvalue weighted by atomic mass is 16.5. The maximum atomic E-state index is 5.60. The predicted molar refractivity (Wildman–Crippen MR) is 61.5 cm³/mol. The van der Waals surface area contributed by atoms with Crippen LogP contribution in [0.15, 0.2) is 18.3 Å². The van der Waals surface area contributed by atoms with Crippen molar-refractivity contribution in [2.24, 2.45) is 0 Å². The molecule has 1 aromatic heterocycles. The highest BCUT2D eigenvalue weighted by molar-refractivity contribution is 5.31. The van der Waals surface area contributed by atoms with Crippen molar-refractivity contribution in [3.05, 3.63) is 23.9 Å². The molecule has 0 bridgehead atoms. The second-order valence-corrected chi connectivity index (χ2v) is 3.52. The van der Waals surface area contributed by atoms with Crippen molar-refractivity contribution in [1.82, 2.24) is 9.88 Å². The maximum Gasteiger partial charge on any atom is 0.123 e. The average Bonchev–Trinajstić information content (AvgIpc) is 2.18. The predicted octanol–water partition coefficient (Wildman–Crippen LogP) is 1.13. The minimum atomic E-state index is 0.575. The van der Waals surface area contributed by atoms with Gasteiger partial charge in [-0.1, -0.05) is 0 Å². The highest BCUT2D eigenvalue weighted by Gasteiger charge is 2.00. The Kier molecular flexibility index (Phi) is 5.07. The second kappa shape index (κ2) is 6.37. The minimum Gasteiger partial charge on any atom is -0.384 e. The fraction of sp³-hybridized carbons (Fsp3) is 0.545. The zero-order chi connectivity index (χ0) is 11.1. The lowest BCUT2D eigenvalue weighted by Gasteiger charge is -2.16. The maximum absolute atomic E-state index is 5.60. The van der Waals surface area contributed by atoms with E-state index >= 15 is 0 Å². The van der Waals surface area contributed by atoms with Crippen LogP contribution in [0.1, 0.15) is 12.5 Å². The summed E-state index contributed by atoms with van der Waals surface area (Å²) < 4.78 is 5.29. The molecule has 0 atom stereocenters. The Balaban J connectivity index is 2.34. The Bertz CT molecular complexity index is 291. The number of aromatic nitrogens is 1. The number of anilines is 1. The van der Waals surface area contributed by atoms with Gasteiger partial charge in [0, 0.05) is 25.9 Å². The van der Waals surface area contributed by atoms with Crippen molar-refractivity contribution in [3.8, 4) is 0 Å². The fourth-order valence-corrected chi connectivity index (χ4v) is 1.35. The van der Waals surface area contributed by atoms with Crippen LogP contribution in [0.2, 0.25) is 0 Å². The Labute approximate surface area is 91.1 Å². The van der Waals surface area contributed by atoms with Crippen molar-refractivity contribution >= 4 is 5.82 Å². The molecular weight excluding hydrogens is 190 g/mol. The Morgan fingerprint density at radius 1 is 1.53 bits per heavy atom. The van der Waals surface area contributed by atoms with Gasteiger partial charge in [-0.3, -0.25) is 4.90 Å². The summed E-state index contributed by atoms with van der Waals surface area (Å²) in [6.07, 6.45) is 1.74. The van der Waals surface area contributed by atoms with Gasteiger partial charge < -0.3 is 10.5 Å². The van der Waals surface area contributed by atoms with Gasteiger partial charge in [0.15, 0.2) is 0 Å². The van der Waals surface area contributed by atoms with Crippen LogP contribution in [0.5, 0.6) is 0 Å². The van der Waals surface area contributed by atoms with Crippen LogP contribution in [-0.4, -0.2) is 36.7 Å². The van der Waals surface area contributed by atoms with Crippen molar-refractivity contribution in [2.75, 3.05) is 32.5 Å². The number of hydrogen-bond donors (Lipinski definition) is 1. The van der Waals surface area contributed by atoms with Crippen LogP contribution in [0.25, 0.3) is 0 Å². The molecule has 0 aliphatic heterocycles. The van der Waals surface area contributed by atoms with Crippen LogP contribution in [-0.2, 0) is 11.3 Å². The number of hydrogen-bond acceptors (Lipinski definition) is 4. The molecule has 2 N–H and O–H groups in total. The minimum absolute atomic E-state index is 0.575. The standard InChI is InChI=1S/C11H19N3O/c1-3-15-7-6-14(2)9-10-4-5-13-11(12)8-10/h4-5,8H,3,6-7,9H2,1-2H3,(H2,12,13). The normalized spacial score (nSPS) is 10.9. The Morgan fingerprint density at radius 3 is 3.00 bits per heavy atom. The third-order valence-corrected chi connectivity index (χ3v) is 2.12. The smallest absolute Gasteiger partial charge is 0.123 e. The van der Waals surface area contributed by atoms with E-state index in [-0.39, 0.29) is 0 Å². The molecule has 0 aromatic carbocycles. The van der Waals surface area contributed by atoms with E-state index in [1.165, 1.54) is 5.56 Å². The van der Waals surface area contributed by atoms with E-state index in [1.54, 1.807) is 6.20 Å². The lowest BCUT2D eigenvalue weighted by Crippen LogP contribution is -2.22. The van der Waals surface area contributed by atoms with E-state index in [9.17, 15) is 0 Å². The molecule has 1 rings (SSSR count). The third kappa shape index (κ3) is 4.76. The van der Waals surface area contributed by atoms with Gasteiger partial charge in [-0.15, -0.1) is 0 Å². The lowest BCUT2D eigenvalue weighted by atomic mass is 10.2. The van der Waals surface area contributed by atoms with E-state index in [4.69, 9.17) is 10.5 Å². The molecule has 0 fully saturated rings. The fourth-order valence-electron chi connectivity index (χ4n) is 1.35. The summed E-state index contributed by atoms with van der Waals surface area (Å²) in [6, 6.07) is 3.88. The first kappa shape index (κ1) is 11.9. The van der Waals surface area contributed by atoms with Gasteiger partial charge in [0.2, 0.25) is 0 Å². The summed E-state index contributed by atoms with van der Waals surface area (Å²) in [5.74, 6) is 0.575. The first-order chi connectivity index (χ1) is 7.22. The van der Waals surface area contributed by atoms with Crippen molar-refractivity contribution in [2.45, 2.75) is 13.5 Å². The third-order valence-electron chi connectivity index (χ3n) is 2.12. The SMILES string of the molecule is CCOCCN(C)Cc1ccnc(N)c1. The molecule has 4 nitrogen and oxygen atoms in total. The van der Waals surface area contributed by atoms with Gasteiger partial charge in [-0.05, 0) is 31.7 Å². The van der Waals surface area contributed by atoms with Gasteiger partial charge in [0.05, 0.1) is 6.61 Å². The molecule has 15 heavy (non-hydrogen) atoms. The van der Waals surface area contributed by atoms with E-state index in [0.717, 1.165) is 26.3 Å². The summed E-state index contributed by atoms with van der Waals surface area (Å²) in [4.78, 5) is 6.16. The molecule has 0 amide bonds. The first-order valence-electron chi connectivity index (χ1n) is 5.19. The molecule has 0 aliphatic rings. The van der Waals surface area contributed by atoms with Crippen LogP contribution >= 0.6 is 0 Å². The number of pyridine rings is 1. The van der Waals surface area contributed by atoms with E-state index in [2.05, 4.69) is 16.9 Å². The molecule has 84 valence electrons.